The Morgan fingerprint density at radius 3 is 3.00 bits per heavy atom. The molecule has 0 bridgehead atoms. The van der Waals surface area contributed by atoms with Crippen molar-refractivity contribution in [3.8, 4) is 5.75 Å². The molecule has 0 atom stereocenters. The summed E-state index contributed by atoms with van der Waals surface area (Å²) < 4.78 is 5.63. The van der Waals surface area contributed by atoms with Gasteiger partial charge in [0.25, 0.3) is 0 Å². The van der Waals surface area contributed by atoms with Crippen molar-refractivity contribution in [2.75, 3.05) is 26.7 Å². The minimum atomic E-state index is 0.549. The van der Waals surface area contributed by atoms with Crippen LogP contribution < -0.4 is 10.5 Å². The Kier molecular flexibility index (Phi) is 5.61. The molecule has 0 saturated carbocycles. The molecule has 0 amide bonds. The summed E-state index contributed by atoms with van der Waals surface area (Å²) in [5.41, 5.74) is 6.65. The maximum absolute atomic E-state index is 5.63. The Bertz CT molecular complexity index is 325. The first kappa shape index (κ1) is 12.7. The molecule has 3 nitrogen and oxygen atoms in total. The van der Waals surface area contributed by atoms with Crippen molar-refractivity contribution in [3.05, 3.63) is 42.5 Å². The van der Waals surface area contributed by atoms with Crippen LogP contribution in [0.25, 0.3) is 0 Å². The summed E-state index contributed by atoms with van der Waals surface area (Å²) in [4.78, 5) is 2.15. The van der Waals surface area contributed by atoms with E-state index >= 15 is 0 Å². The summed E-state index contributed by atoms with van der Waals surface area (Å²) in [6.07, 6.45) is 1.88. The Balaban J connectivity index is 2.33. The summed E-state index contributed by atoms with van der Waals surface area (Å²) in [6, 6.07) is 7.89. The number of rotatable bonds is 7. The molecule has 0 saturated heterocycles. The molecule has 2 N–H and O–H groups in total. The van der Waals surface area contributed by atoms with Crippen molar-refractivity contribution in [3.63, 3.8) is 0 Å². The quantitative estimate of drug-likeness (QED) is 0.710. The van der Waals surface area contributed by atoms with Crippen LogP contribution in [0.2, 0.25) is 0 Å². The van der Waals surface area contributed by atoms with Gasteiger partial charge in [-0.15, -0.1) is 6.58 Å². The first-order chi connectivity index (χ1) is 7.76. The van der Waals surface area contributed by atoms with Gasteiger partial charge in [-0.05, 0) is 24.7 Å². The highest BCUT2D eigenvalue weighted by Crippen LogP contribution is 2.12. The zero-order valence-electron chi connectivity index (χ0n) is 9.86. The lowest BCUT2D eigenvalue weighted by Crippen LogP contribution is -2.24. The summed E-state index contributed by atoms with van der Waals surface area (Å²) in [7, 11) is 2.04. The van der Waals surface area contributed by atoms with Crippen LogP contribution in [0.3, 0.4) is 0 Å². The van der Waals surface area contributed by atoms with Crippen LogP contribution in [0, 0.1) is 0 Å². The van der Waals surface area contributed by atoms with E-state index in [1.54, 1.807) is 0 Å². The third-order valence-corrected chi connectivity index (χ3v) is 2.32. The minimum Gasteiger partial charge on any atom is -0.492 e. The predicted octanol–water partition coefficient (Wildman–Crippen LogP) is 1.64. The fraction of sp³-hybridized carbons (Fsp3) is 0.385. The second kappa shape index (κ2) is 7.04. The fourth-order valence-corrected chi connectivity index (χ4v) is 1.39. The summed E-state index contributed by atoms with van der Waals surface area (Å²) >= 11 is 0. The normalized spacial score (nSPS) is 10.4. The van der Waals surface area contributed by atoms with Gasteiger partial charge in [0.1, 0.15) is 12.4 Å². The van der Waals surface area contributed by atoms with Gasteiger partial charge in [0, 0.05) is 19.6 Å². The van der Waals surface area contributed by atoms with Crippen LogP contribution in [0.5, 0.6) is 5.75 Å². The zero-order valence-corrected chi connectivity index (χ0v) is 9.86. The molecular weight excluding hydrogens is 200 g/mol. The van der Waals surface area contributed by atoms with Gasteiger partial charge in [-0.2, -0.15) is 0 Å². The highest BCUT2D eigenvalue weighted by atomic mass is 16.5. The van der Waals surface area contributed by atoms with Crippen molar-refractivity contribution in [1.82, 2.24) is 4.90 Å². The van der Waals surface area contributed by atoms with Gasteiger partial charge in [-0.3, -0.25) is 4.90 Å². The SMILES string of the molecule is C=CCN(C)CCOc1cccc(CN)c1. The molecule has 16 heavy (non-hydrogen) atoms. The predicted molar refractivity (Wildman–Crippen MR) is 67.5 cm³/mol. The molecule has 0 aliphatic carbocycles. The topological polar surface area (TPSA) is 38.5 Å². The Labute approximate surface area is 97.5 Å². The van der Waals surface area contributed by atoms with E-state index in [1.165, 1.54) is 0 Å². The molecule has 1 rings (SSSR count). The Hall–Kier alpha value is -1.32. The molecule has 0 aromatic heterocycles. The van der Waals surface area contributed by atoms with Gasteiger partial charge in [0.15, 0.2) is 0 Å². The van der Waals surface area contributed by atoms with E-state index in [2.05, 4.69) is 11.5 Å². The van der Waals surface area contributed by atoms with Crippen molar-refractivity contribution < 1.29 is 4.74 Å². The monoisotopic (exact) mass is 220 g/mol. The number of hydrogen-bond donors (Lipinski definition) is 1. The van der Waals surface area contributed by atoms with Crippen LogP contribution in [0.4, 0.5) is 0 Å². The summed E-state index contributed by atoms with van der Waals surface area (Å²) in [6.45, 7) is 6.69. The molecule has 1 aromatic rings. The largest absolute Gasteiger partial charge is 0.492 e. The average Bonchev–Trinajstić information content (AvgIpc) is 2.30. The molecule has 0 radical (unpaired) electrons. The molecule has 0 fully saturated rings. The highest BCUT2D eigenvalue weighted by molar-refractivity contribution is 5.28. The molecule has 88 valence electrons. The number of benzene rings is 1. The van der Waals surface area contributed by atoms with Crippen molar-refractivity contribution in [2.45, 2.75) is 6.54 Å². The number of ether oxygens (including phenoxy) is 1. The third-order valence-electron chi connectivity index (χ3n) is 2.32. The number of hydrogen-bond acceptors (Lipinski definition) is 3. The molecule has 1 aromatic carbocycles. The molecular formula is C13H20N2O. The van der Waals surface area contributed by atoms with Gasteiger partial charge in [0.05, 0.1) is 0 Å². The Morgan fingerprint density at radius 1 is 1.50 bits per heavy atom. The first-order valence-corrected chi connectivity index (χ1v) is 5.47. The van der Waals surface area contributed by atoms with E-state index in [0.717, 1.165) is 24.4 Å². The molecule has 0 heterocycles. The molecule has 0 aliphatic heterocycles. The second-order valence-electron chi connectivity index (χ2n) is 3.75. The second-order valence-corrected chi connectivity index (χ2v) is 3.75. The van der Waals surface area contributed by atoms with Gasteiger partial charge >= 0.3 is 0 Å². The lowest BCUT2D eigenvalue weighted by Gasteiger charge is -2.14. The van der Waals surface area contributed by atoms with E-state index in [9.17, 15) is 0 Å². The average molecular weight is 220 g/mol. The Morgan fingerprint density at radius 2 is 2.31 bits per heavy atom. The molecule has 0 aliphatic rings. The van der Waals surface area contributed by atoms with E-state index in [1.807, 2.05) is 37.4 Å². The molecule has 0 unspecified atom stereocenters. The lowest BCUT2D eigenvalue weighted by molar-refractivity contribution is 0.249. The van der Waals surface area contributed by atoms with E-state index in [4.69, 9.17) is 10.5 Å². The number of nitrogens with two attached hydrogens (primary N) is 1. The summed E-state index contributed by atoms with van der Waals surface area (Å²) in [5, 5.41) is 0. The van der Waals surface area contributed by atoms with Crippen molar-refractivity contribution in [2.24, 2.45) is 5.73 Å². The third kappa shape index (κ3) is 4.47. The van der Waals surface area contributed by atoms with Gasteiger partial charge < -0.3 is 10.5 Å². The summed E-state index contributed by atoms with van der Waals surface area (Å²) in [5.74, 6) is 0.884. The molecule has 0 spiro atoms. The van der Waals surface area contributed by atoms with E-state index in [-0.39, 0.29) is 0 Å². The molecule has 3 heteroatoms. The maximum Gasteiger partial charge on any atom is 0.119 e. The zero-order chi connectivity index (χ0) is 11.8. The van der Waals surface area contributed by atoms with Crippen molar-refractivity contribution >= 4 is 0 Å². The lowest BCUT2D eigenvalue weighted by atomic mass is 10.2. The standard InChI is InChI=1S/C13H20N2O/c1-3-7-15(2)8-9-16-13-6-4-5-12(10-13)11-14/h3-6,10H,1,7-9,11,14H2,2H3. The van der Waals surface area contributed by atoms with Crippen LogP contribution in [0.1, 0.15) is 5.56 Å². The van der Waals surface area contributed by atoms with Gasteiger partial charge in [-0.1, -0.05) is 18.2 Å². The van der Waals surface area contributed by atoms with Gasteiger partial charge in [0.2, 0.25) is 0 Å². The van der Waals surface area contributed by atoms with E-state index in [0.29, 0.717) is 13.2 Å². The van der Waals surface area contributed by atoms with Crippen LogP contribution in [0.15, 0.2) is 36.9 Å². The van der Waals surface area contributed by atoms with Crippen LogP contribution >= 0.6 is 0 Å². The van der Waals surface area contributed by atoms with Crippen LogP contribution in [-0.2, 0) is 6.54 Å². The van der Waals surface area contributed by atoms with Crippen LogP contribution in [-0.4, -0.2) is 31.6 Å². The minimum absolute atomic E-state index is 0.549. The van der Waals surface area contributed by atoms with Gasteiger partial charge in [-0.25, -0.2) is 0 Å². The fourth-order valence-electron chi connectivity index (χ4n) is 1.39. The number of likely N-dealkylation sites (N-methyl/N-ethyl adjacent to an activating group) is 1. The number of nitrogens with zero attached hydrogens (tertiary/aromatic N) is 1. The van der Waals surface area contributed by atoms with Crippen molar-refractivity contribution in [1.29, 1.82) is 0 Å². The van der Waals surface area contributed by atoms with E-state index < -0.39 is 0 Å². The maximum atomic E-state index is 5.63. The highest BCUT2D eigenvalue weighted by Gasteiger charge is 1.98. The smallest absolute Gasteiger partial charge is 0.119 e. The first-order valence-electron chi connectivity index (χ1n) is 5.47.